The molecule has 0 aliphatic heterocycles. The first kappa shape index (κ1) is 11.8. The molecule has 0 saturated carbocycles. The molecule has 0 amide bonds. The first-order valence-corrected chi connectivity index (χ1v) is 6.45. The molecule has 14 heavy (non-hydrogen) atoms. The van der Waals surface area contributed by atoms with Gasteiger partial charge in [0.05, 0.1) is 4.34 Å². The quantitative estimate of drug-likeness (QED) is 0.607. The fourth-order valence-electron chi connectivity index (χ4n) is 0.803. The number of hydrogen-bond acceptors (Lipinski definition) is 2. The number of hydrogen-bond donors (Lipinski definition) is 0. The summed E-state index contributed by atoms with van der Waals surface area (Å²) in [6, 6.07) is 4.15. The Morgan fingerprint density at radius 1 is 0.929 bits per heavy atom. The van der Waals surface area contributed by atoms with Crippen molar-refractivity contribution >= 4 is 34.3 Å². The summed E-state index contributed by atoms with van der Waals surface area (Å²) in [5.41, 5.74) is 2.58. The lowest BCUT2D eigenvalue weighted by Gasteiger charge is -1.79. The Hall–Kier alpha value is -0.310. The molecule has 0 saturated heterocycles. The molecule has 2 aromatic heterocycles. The van der Waals surface area contributed by atoms with Crippen LogP contribution in [0.2, 0.25) is 4.34 Å². The Morgan fingerprint density at radius 2 is 1.50 bits per heavy atom. The van der Waals surface area contributed by atoms with Gasteiger partial charge in [-0.3, -0.25) is 0 Å². The maximum atomic E-state index is 5.64. The van der Waals surface area contributed by atoms with Crippen molar-refractivity contribution in [3.63, 3.8) is 0 Å². The lowest BCUT2D eigenvalue weighted by molar-refractivity contribution is 1.44. The topological polar surface area (TPSA) is 0 Å². The van der Waals surface area contributed by atoms with E-state index in [4.69, 9.17) is 11.6 Å². The molecule has 0 aliphatic rings. The fraction of sp³-hybridized carbons (Fsp3) is 0.273. The van der Waals surface area contributed by atoms with E-state index in [-0.39, 0.29) is 0 Å². The van der Waals surface area contributed by atoms with E-state index in [1.807, 2.05) is 18.4 Å². The highest BCUT2D eigenvalue weighted by molar-refractivity contribution is 7.14. The van der Waals surface area contributed by atoms with Crippen LogP contribution in [0.1, 0.15) is 16.0 Å². The average Bonchev–Trinajstić information content (AvgIpc) is 2.67. The van der Waals surface area contributed by atoms with Gasteiger partial charge in [-0.05, 0) is 54.8 Å². The number of rotatable bonds is 0. The standard InChI is InChI=1S/C6H8S.C5H5ClS/c1-5-3-4-7-6(5)2;1-4-2-3-7-5(4)6/h3-4H,1-2H3;2-3H,1H3. The van der Waals surface area contributed by atoms with Crippen LogP contribution in [0.15, 0.2) is 22.9 Å². The molecule has 76 valence electrons. The van der Waals surface area contributed by atoms with Crippen molar-refractivity contribution < 1.29 is 0 Å². The summed E-state index contributed by atoms with van der Waals surface area (Å²) in [4.78, 5) is 1.43. The second-order valence-corrected chi connectivity index (χ2v) is 5.68. The summed E-state index contributed by atoms with van der Waals surface area (Å²) in [6.07, 6.45) is 0. The Morgan fingerprint density at radius 3 is 1.64 bits per heavy atom. The molecular weight excluding hydrogens is 232 g/mol. The molecule has 0 radical (unpaired) electrons. The summed E-state index contributed by atoms with van der Waals surface area (Å²) >= 11 is 9.02. The lowest BCUT2D eigenvalue weighted by Crippen LogP contribution is -1.61. The summed E-state index contributed by atoms with van der Waals surface area (Å²) in [5.74, 6) is 0. The van der Waals surface area contributed by atoms with E-state index < -0.39 is 0 Å². The van der Waals surface area contributed by atoms with Crippen LogP contribution < -0.4 is 0 Å². The van der Waals surface area contributed by atoms with Crippen LogP contribution in [0.5, 0.6) is 0 Å². The third kappa shape index (κ3) is 3.45. The van der Waals surface area contributed by atoms with Crippen LogP contribution in [0.3, 0.4) is 0 Å². The summed E-state index contributed by atoms with van der Waals surface area (Å²) in [7, 11) is 0. The van der Waals surface area contributed by atoms with Crippen LogP contribution in [0.4, 0.5) is 0 Å². The van der Waals surface area contributed by atoms with E-state index >= 15 is 0 Å². The second-order valence-electron chi connectivity index (χ2n) is 3.04. The van der Waals surface area contributed by atoms with Crippen molar-refractivity contribution in [2.75, 3.05) is 0 Å². The Balaban J connectivity index is 0.000000140. The minimum Gasteiger partial charge on any atom is -0.149 e. The fourth-order valence-corrected chi connectivity index (χ4v) is 2.40. The van der Waals surface area contributed by atoms with Gasteiger partial charge in [0.2, 0.25) is 0 Å². The normalized spacial score (nSPS) is 9.43. The van der Waals surface area contributed by atoms with Gasteiger partial charge in [-0.1, -0.05) is 11.6 Å². The molecule has 0 atom stereocenters. The van der Waals surface area contributed by atoms with E-state index in [2.05, 4.69) is 25.3 Å². The molecule has 0 aliphatic carbocycles. The average molecular weight is 245 g/mol. The highest BCUT2D eigenvalue weighted by Gasteiger charge is 1.90. The third-order valence-corrected chi connectivity index (χ3v) is 4.23. The smallest absolute Gasteiger partial charge is 0.0957 e. The van der Waals surface area contributed by atoms with Gasteiger partial charge in [-0.2, -0.15) is 0 Å². The van der Waals surface area contributed by atoms with E-state index in [0.29, 0.717) is 0 Å². The second kappa shape index (κ2) is 5.54. The van der Waals surface area contributed by atoms with Gasteiger partial charge < -0.3 is 0 Å². The van der Waals surface area contributed by atoms with Gasteiger partial charge in [0.1, 0.15) is 0 Å². The molecule has 0 N–H and O–H groups in total. The summed E-state index contributed by atoms with van der Waals surface area (Å²) in [6.45, 7) is 6.27. The van der Waals surface area contributed by atoms with Crippen molar-refractivity contribution in [3.05, 3.63) is 43.2 Å². The van der Waals surface area contributed by atoms with Crippen molar-refractivity contribution in [1.29, 1.82) is 0 Å². The molecule has 0 bridgehead atoms. The number of thiophene rings is 2. The van der Waals surface area contributed by atoms with E-state index in [1.54, 1.807) is 22.7 Å². The highest BCUT2D eigenvalue weighted by atomic mass is 35.5. The van der Waals surface area contributed by atoms with Crippen LogP contribution in [-0.2, 0) is 0 Å². The molecule has 2 rings (SSSR count). The van der Waals surface area contributed by atoms with Gasteiger partial charge in [0.25, 0.3) is 0 Å². The maximum absolute atomic E-state index is 5.64. The Kier molecular flexibility index (Phi) is 4.66. The van der Waals surface area contributed by atoms with Crippen molar-refractivity contribution in [1.82, 2.24) is 0 Å². The molecule has 2 aromatic rings. The van der Waals surface area contributed by atoms with E-state index in [9.17, 15) is 0 Å². The van der Waals surface area contributed by atoms with Gasteiger partial charge in [0.15, 0.2) is 0 Å². The van der Waals surface area contributed by atoms with Gasteiger partial charge in [-0.25, -0.2) is 0 Å². The largest absolute Gasteiger partial charge is 0.149 e. The van der Waals surface area contributed by atoms with Crippen molar-refractivity contribution in [3.8, 4) is 0 Å². The highest BCUT2D eigenvalue weighted by Crippen LogP contribution is 2.20. The SMILES string of the molecule is Cc1ccsc1C.Cc1ccsc1Cl. The van der Waals surface area contributed by atoms with E-state index in [0.717, 1.165) is 4.34 Å². The van der Waals surface area contributed by atoms with E-state index in [1.165, 1.54) is 16.0 Å². The first-order valence-electron chi connectivity index (χ1n) is 4.31. The number of aryl methyl sites for hydroxylation is 3. The zero-order chi connectivity index (χ0) is 10.6. The van der Waals surface area contributed by atoms with Crippen LogP contribution >= 0.6 is 34.3 Å². The van der Waals surface area contributed by atoms with Gasteiger partial charge >= 0.3 is 0 Å². The minimum atomic E-state index is 0.903. The zero-order valence-electron chi connectivity index (χ0n) is 8.50. The molecule has 0 aromatic carbocycles. The Bertz CT molecular complexity index is 316. The molecule has 0 spiro atoms. The minimum absolute atomic E-state index is 0.903. The zero-order valence-corrected chi connectivity index (χ0v) is 10.9. The molecule has 0 unspecified atom stereocenters. The Labute approximate surface area is 98.2 Å². The third-order valence-electron chi connectivity index (χ3n) is 1.92. The molecular formula is C11H13ClS2. The maximum Gasteiger partial charge on any atom is 0.0957 e. The summed E-state index contributed by atoms with van der Waals surface area (Å²) < 4.78 is 0.903. The van der Waals surface area contributed by atoms with Crippen LogP contribution in [0.25, 0.3) is 0 Å². The van der Waals surface area contributed by atoms with Crippen LogP contribution in [-0.4, -0.2) is 0 Å². The van der Waals surface area contributed by atoms with Gasteiger partial charge in [-0.15, -0.1) is 22.7 Å². The van der Waals surface area contributed by atoms with Crippen LogP contribution in [0, 0.1) is 20.8 Å². The predicted octanol–water partition coefficient (Wildman–Crippen LogP) is 5.07. The predicted molar refractivity (Wildman–Crippen MR) is 67.9 cm³/mol. The molecule has 3 heteroatoms. The van der Waals surface area contributed by atoms with Gasteiger partial charge in [0, 0.05) is 4.88 Å². The summed E-state index contributed by atoms with van der Waals surface area (Å²) in [5, 5.41) is 4.10. The lowest BCUT2D eigenvalue weighted by atomic mass is 10.3. The molecule has 2 heterocycles. The molecule has 0 nitrogen and oxygen atoms in total. The number of halogens is 1. The van der Waals surface area contributed by atoms with Crippen molar-refractivity contribution in [2.24, 2.45) is 0 Å². The van der Waals surface area contributed by atoms with Crippen molar-refractivity contribution in [2.45, 2.75) is 20.8 Å². The molecule has 0 fully saturated rings. The first-order chi connectivity index (χ1) is 6.61. The monoisotopic (exact) mass is 244 g/mol.